The zero-order valence-electron chi connectivity index (χ0n) is 12.8. The molecular weight excluding hydrogens is 264 g/mol. The van der Waals surface area contributed by atoms with Crippen molar-refractivity contribution in [2.75, 3.05) is 20.2 Å². The first kappa shape index (κ1) is 14.4. The summed E-state index contributed by atoms with van der Waals surface area (Å²) in [6.07, 6.45) is 3.38. The maximum atomic E-state index is 12.5. The molecule has 1 aromatic rings. The van der Waals surface area contributed by atoms with Crippen molar-refractivity contribution in [2.45, 2.75) is 38.3 Å². The lowest BCUT2D eigenvalue weighted by molar-refractivity contribution is -0.135. The molecule has 3 unspecified atom stereocenters. The Hall–Kier alpha value is -1.55. The quantitative estimate of drug-likeness (QED) is 0.900. The fourth-order valence-electron chi connectivity index (χ4n) is 3.50. The van der Waals surface area contributed by atoms with Crippen molar-refractivity contribution in [2.24, 2.45) is 5.92 Å². The van der Waals surface area contributed by atoms with Gasteiger partial charge in [0.1, 0.15) is 12.4 Å². The highest BCUT2D eigenvalue weighted by Gasteiger charge is 2.43. The number of aryl methyl sites for hydroxylation is 1. The minimum Gasteiger partial charge on any atom is -0.492 e. The lowest BCUT2D eigenvalue weighted by atomic mass is 9.88. The van der Waals surface area contributed by atoms with Gasteiger partial charge in [0.15, 0.2) is 0 Å². The van der Waals surface area contributed by atoms with E-state index in [1.54, 1.807) is 0 Å². The van der Waals surface area contributed by atoms with Crippen molar-refractivity contribution in [3.05, 3.63) is 29.8 Å². The van der Waals surface area contributed by atoms with Crippen LogP contribution in [-0.2, 0) is 4.79 Å². The molecule has 2 saturated heterocycles. The van der Waals surface area contributed by atoms with Crippen molar-refractivity contribution >= 4 is 5.91 Å². The van der Waals surface area contributed by atoms with Crippen LogP contribution in [-0.4, -0.2) is 43.1 Å². The van der Waals surface area contributed by atoms with E-state index in [0.717, 1.165) is 18.6 Å². The number of benzene rings is 1. The summed E-state index contributed by atoms with van der Waals surface area (Å²) in [4.78, 5) is 14.3. The summed E-state index contributed by atoms with van der Waals surface area (Å²) in [6.45, 7) is 3.23. The fourth-order valence-corrected chi connectivity index (χ4v) is 3.50. The second-order valence-electron chi connectivity index (χ2n) is 6.31. The van der Waals surface area contributed by atoms with Crippen molar-refractivity contribution in [3.63, 3.8) is 0 Å². The number of carbonyl (C=O) groups excluding carboxylic acids is 1. The molecule has 2 bridgehead atoms. The number of fused-ring (bicyclic) bond motifs is 2. The molecule has 0 spiro atoms. The topological polar surface area (TPSA) is 41.6 Å². The normalized spacial score (nSPS) is 26.9. The van der Waals surface area contributed by atoms with E-state index in [1.807, 2.05) is 43.1 Å². The third-order valence-electron chi connectivity index (χ3n) is 4.68. The Morgan fingerprint density at radius 3 is 2.95 bits per heavy atom. The Kier molecular flexibility index (Phi) is 4.15. The van der Waals surface area contributed by atoms with Crippen LogP contribution in [0.2, 0.25) is 0 Å². The molecule has 21 heavy (non-hydrogen) atoms. The average Bonchev–Trinajstić information content (AvgIpc) is 3.09. The van der Waals surface area contributed by atoms with E-state index >= 15 is 0 Å². The van der Waals surface area contributed by atoms with Gasteiger partial charge in [0, 0.05) is 19.1 Å². The lowest BCUT2D eigenvalue weighted by Gasteiger charge is -2.25. The molecule has 0 aliphatic carbocycles. The highest BCUT2D eigenvalue weighted by molar-refractivity contribution is 5.80. The molecule has 0 saturated carbocycles. The molecular formula is C17H24N2O2. The monoisotopic (exact) mass is 288 g/mol. The van der Waals surface area contributed by atoms with Crippen LogP contribution in [0.25, 0.3) is 0 Å². The highest BCUT2D eigenvalue weighted by atomic mass is 16.5. The molecule has 114 valence electrons. The standard InChI is InChI=1S/C17H24N2O2/c1-12-4-3-5-14(10-12)21-9-8-19(2)17(20)15-11-13-6-7-16(15)18-13/h3-5,10,13,15-16,18H,6-9,11H2,1-2H3. The van der Waals surface area contributed by atoms with Gasteiger partial charge in [-0.1, -0.05) is 12.1 Å². The molecule has 3 rings (SSSR count). The number of carbonyl (C=O) groups is 1. The Labute approximate surface area is 126 Å². The van der Waals surface area contributed by atoms with Gasteiger partial charge >= 0.3 is 0 Å². The molecule has 3 atom stereocenters. The second-order valence-corrected chi connectivity index (χ2v) is 6.31. The number of nitrogens with zero attached hydrogens (tertiary/aromatic N) is 1. The first-order chi connectivity index (χ1) is 10.1. The minimum absolute atomic E-state index is 0.174. The lowest BCUT2D eigenvalue weighted by Crippen LogP contribution is -2.40. The zero-order chi connectivity index (χ0) is 14.8. The summed E-state index contributed by atoms with van der Waals surface area (Å²) in [7, 11) is 1.88. The minimum atomic E-state index is 0.174. The molecule has 2 aliphatic rings. The van der Waals surface area contributed by atoms with Crippen molar-refractivity contribution in [1.82, 2.24) is 10.2 Å². The van der Waals surface area contributed by atoms with E-state index < -0.39 is 0 Å². The number of hydrogen-bond donors (Lipinski definition) is 1. The van der Waals surface area contributed by atoms with Gasteiger partial charge in [-0.3, -0.25) is 4.79 Å². The molecule has 1 aromatic carbocycles. The van der Waals surface area contributed by atoms with Crippen LogP contribution in [0.3, 0.4) is 0 Å². The summed E-state index contributed by atoms with van der Waals surface area (Å²) < 4.78 is 5.72. The highest BCUT2D eigenvalue weighted by Crippen LogP contribution is 2.34. The van der Waals surface area contributed by atoms with E-state index in [2.05, 4.69) is 5.32 Å². The predicted octanol–water partition coefficient (Wildman–Crippen LogP) is 1.97. The first-order valence-electron chi connectivity index (χ1n) is 7.84. The summed E-state index contributed by atoms with van der Waals surface area (Å²) >= 11 is 0. The van der Waals surface area contributed by atoms with E-state index in [9.17, 15) is 4.79 Å². The Bertz CT molecular complexity index is 517. The number of nitrogens with one attached hydrogen (secondary N) is 1. The van der Waals surface area contributed by atoms with Gasteiger partial charge in [0.05, 0.1) is 12.5 Å². The van der Waals surface area contributed by atoms with Gasteiger partial charge in [-0.25, -0.2) is 0 Å². The molecule has 0 aromatic heterocycles. The number of rotatable bonds is 5. The number of amides is 1. The van der Waals surface area contributed by atoms with Crippen LogP contribution < -0.4 is 10.1 Å². The number of ether oxygens (including phenoxy) is 1. The van der Waals surface area contributed by atoms with Crippen LogP contribution in [0.4, 0.5) is 0 Å². The Morgan fingerprint density at radius 1 is 1.43 bits per heavy atom. The predicted molar refractivity (Wildman–Crippen MR) is 82.4 cm³/mol. The zero-order valence-corrected chi connectivity index (χ0v) is 12.8. The van der Waals surface area contributed by atoms with Crippen LogP contribution in [0.5, 0.6) is 5.75 Å². The second kappa shape index (κ2) is 6.06. The molecule has 1 N–H and O–H groups in total. The van der Waals surface area contributed by atoms with Gasteiger partial charge in [0.2, 0.25) is 5.91 Å². The summed E-state index contributed by atoms with van der Waals surface area (Å²) in [5.74, 6) is 1.31. The van der Waals surface area contributed by atoms with Gasteiger partial charge in [-0.15, -0.1) is 0 Å². The third-order valence-corrected chi connectivity index (χ3v) is 4.68. The molecule has 2 aliphatic heterocycles. The van der Waals surface area contributed by atoms with Crippen LogP contribution in [0.1, 0.15) is 24.8 Å². The van der Waals surface area contributed by atoms with E-state index in [1.165, 1.54) is 12.0 Å². The number of hydrogen-bond acceptors (Lipinski definition) is 3. The fraction of sp³-hybridized carbons (Fsp3) is 0.588. The van der Waals surface area contributed by atoms with Crippen LogP contribution >= 0.6 is 0 Å². The molecule has 2 fully saturated rings. The third kappa shape index (κ3) is 3.21. The largest absolute Gasteiger partial charge is 0.492 e. The van der Waals surface area contributed by atoms with E-state index in [0.29, 0.717) is 25.2 Å². The summed E-state index contributed by atoms with van der Waals surface area (Å²) in [6, 6.07) is 8.98. The van der Waals surface area contributed by atoms with Crippen molar-refractivity contribution in [3.8, 4) is 5.75 Å². The molecule has 4 heteroatoms. The smallest absolute Gasteiger partial charge is 0.227 e. The van der Waals surface area contributed by atoms with Gasteiger partial charge < -0.3 is 15.0 Å². The summed E-state index contributed by atoms with van der Waals surface area (Å²) in [5.41, 5.74) is 1.19. The average molecular weight is 288 g/mol. The molecule has 2 heterocycles. The maximum Gasteiger partial charge on any atom is 0.227 e. The molecule has 4 nitrogen and oxygen atoms in total. The van der Waals surface area contributed by atoms with Crippen LogP contribution in [0, 0.1) is 12.8 Å². The molecule has 1 amide bonds. The van der Waals surface area contributed by atoms with Crippen molar-refractivity contribution < 1.29 is 9.53 Å². The Balaban J connectivity index is 1.46. The van der Waals surface area contributed by atoms with Gasteiger partial charge in [-0.2, -0.15) is 0 Å². The maximum absolute atomic E-state index is 12.5. The SMILES string of the molecule is Cc1cccc(OCCN(C)C(=O)C2CC3CCC2N3)c1. The van der Waals surface area contributed by atoms with E-state index in [4.69, 9.17) is 4.74 Å². The number of likely N-dealkylation sites (N-methyl/N-ethyl adjacent to an activating group) is 1. The summed E-state index contributed by atoms with van der Waals surface area (Å²) in [5, 5.41) is 3.52. The molecule has 0 radical (unpaired) electrons. The van der Waals surface area contributed by atoms with Crippen LogP contribution in [0.15, 0.2) is 24.3 Å². The van der Waals surface area contributed by atoms with E-state index in [-0.39, 0.29) is 11.8 Å². The van der Waals surface area contributed by atoms with Crippen molar-refractivity contribution in [1.29, 1.82) is 0 Å². The first-order valence-corrected chi connectivity index (χ1v) is 7.84. The van der Waals surface area contributed by atoms with Gasteiger partial charge in [-0.05, 0) is 43.9 Å². The Morgan fingerprint density at radius 2 is 2.29 bits per heavy atom. The van der Waals surface area contributed by atoms with Gasteiger partial charge in [0.25, 0.3) is 0 Å².